The van der Waals surface area contributed by atoms with Crippen LogP contribution in [0.25, 0.3) is 0 Å². The number of nitrogens with zero attached hydrogens (tertiary/aromatic N) is 1. The summed E-state index contributed by atoms with van der Waals surface area (Å²) in [5.74, 6) is 0.760. The minimum Gasteiger partial charge on any atom is -0.492 e. The Kier molecular flexibility index (Phi) is 7.15. The van der Waals surface area contributed by atoms with E-state index in [1.165, 1.54) is 12.1 Å². The Labute approximate surface area is 171 Å². The Hall–Kier alpha value is -2.53. The van der Waals surface area contributed by atoms with E-state index < -0.39 is 0 Å². The second kappa shape index (κ2) is 9.79. The van der Waals surface area contributed by atoms with Crippen molar-refractivity contribution in [1.29, 1.82) is 0 Å². The molecule has 2 aromatic carbocycles. The van der Waals surface area contributed by atoms with E-state index in [1.807, 2.05) is 18.2 Å². The molecule has 0 aromatic heterocycles. The second-order valence-electron chi connectivity index (χ2n) is 7.84. The first-order valence-corrected chi connectivity index (χ1v) is 10.2. The highest BCUT2D eigenvalue weighted by Gasteiger charge is 2.28. The SMILES string of the molecule is CC(=O)CC(c1ccc(F)cc1)N1CCCC(COc2ccccc2C(C)=O)C1. The summed E-state index contributed by atoms with van der Waals surface area (Å²) in [6.45, 7) is 5.36. The maximum atomic E-state index is 13.3. The number of carbonyl (C=O) groups is 2. The number of ether oxygens (including phenoxy) is 1. The number of hydrogen-bond donors (Lipinski definition) is 0. The van der Waals surface area contributed by atoms with E-state index in [0.717, 1.165) is 31.5 Å². The molecule has 0 bridgehead atoms. The molecule has 5 heteroatoms. The number of rotatable bonds is 8. The van der Waals surface area contributed by atoms with Crippen molar-refractivity contribution in [2.75, 3.05) is 19.7 Å². The molecule has 1 aliphatic rings. The molecule has 0 spiro atoms. The molecule has 0 N–H and O–H groups in total. The fraction of sp³-hybridized carbons (Fsp3) is 0.417. The number of Topliss-reactive ketones (excluding diaryl/α,β-unsaturated/α-hetero) is 2. The molecular weight excluding hydrogens is 369 g/mol. The lowest BCUT2D eigenvalue weighted by Gasteiger charge is -2.38. The van der Waals surface area contributed by atoms with Gasteiger partial charge < -0.3 is 4.74 Å². The molecule has 1 heterocycles. The van der Waals surface area contributed by atoms with Crippen LogP contribution in [0.15, 0.2) is 48.5 Å². The summed E-state index contributed by atoms with van der Waals surface area (Å²) in [4.78, 5) is 26.0. The summed E-state index contributed by atoms with van der Waals surface area (Å²) in [6, 6.07) is 13.7. The van der Waals surface area contributed by atoms with Crippen LogP contribution in [0.5, 0.6) is 5.75 Å². The number of hydrogen-bond acceptors (Lipinski definition) is 4. The van der Waals surface area contributed by atoms with Gasteiger partial charge in [-0.05, 0) is 63.1 Å². The first kappa shape index (κ1) is 21.2. The van der Waals surface area contributed by atoms with Crippen molar-refractivity contribution in [3.63, 3.8) is 0 Å². The Morgan fingerprint density at radius 2 is 1.86 bits per heavy atom. The fourth-order valence-electron chi connectivity index (χ4n) is 4.02. The molecule has 3 rings (SSSR count). The van der Waals surface area contributed by atoms with E-state index in [9.17, 15) is 14.0 Å². The van der Waals surface area contributed by atoms with Crippen LogP contribution in [0, 0.1) is 11.7 Å². The second-order valence-corrected chi connectivity index (χ2v) is 7.84. The maximum absolute atomic E-state index is 13.3. The quantitative estimate of drug-likeness (QED) is 0.598. The average Bonchev–Trinajstić information content (AvgIpc) is 2.71. The molecule has 0 amide bonds. The topological polar surface area (TPSA) is 46.6 Å². The zero-order valence-electron chi connectivity index (χ0n) is 17.1. The van der Waals surface area contributed by atoms with Crippen LogP contribution in [-0.2, 0) is 4.79 Å². The van der Waals surface area contributed by atoms with Crippen molar-refractivity contribution in [2.24, 2.45) is 5.92 Å². The molecule has 2 atom stereocenters. The molecule has 4 nitrogen and oxygen atoms in total. The van der Waals surface area contributed by atoms with Gasteiger partial charge in [0.1, 0.15) is 17.3 Å². The predicted molar refractivity (Wildman–Crippen MR) is 111 cm³/mol. The molecule has 1 aliphatic heterocycles. The van der Waals surface area contributed by atoms with Gasteiger partial charge in [-0.2, -0.15) is 0 Å². The monoisotopic (exact) mass is 397 g/mol. The van der Waals surface area contributed by atoms with Crippen LogP contribution < -0.4 is 4.74 Å². The van der Waals surface area contributed by atoms with Crippen LogP contribution in [0.3, 0.4) is 0 Å². The number of para-hydroxylation sites is 1. The van der Waals surface area contributed by atoms with E-state index >= 15 is 0 Å². The Morgan fingerprint density at radius 3 is 2.55 bits per heavy atom. The smallest absolute Gasteiger partial charge is 0.163 e. The molecule has 2 aromatic rings. The number of carbonyl (C=O) groups excluding carboxylic acids is 2. The molecule has 0 aliphatic carbocycles. The lowest BCUT2D eigenvalue weighted by Crippen LogP contribution is -2.40. The number of piperidine rings is 1. The Balaban J connectivity index is 1.69. The highest BCUT2D eigenvalue weighted by atomic mass is 19.1. The third kappa shape index (κ3) is 5.73. The van der Waals surface area contributed by atoms with E-state index in [4.69, 9.17) is 4.74 Å². The summed E-state index contributed by atoms with van der Waals surface area (Å²) >= 11 is 0. The first-order chi connectivity index (χ1) is 13.9. The van der Waals surface area contributed by atoms with Crippen molar-refractivity contribution in [3.8, 4) is 5.75 Å². The zero-order chi connectivity index (χ0) is 20.8. The first-order valence-electron chi connectivity index (χ1n) is 10.2. The molecule has 2 unspecified atom stereocenters. The van der Waals surface area contributed by atoms with E-state index in [1.54, 1.807) is 32.0 Å². The summed E-state index contributed by atoms with van der Waals surface area (Å²) in [6.07, 6.45) is 2.46. The van der Waals surface area contributed by atoms with Gasteiger partial charge in [-0.3, -0.25) is 14.5 Å². The van der Waals surface area contributed by atoms with Crippen LogP contribution in [-0.4, -0.2) is 36.2 Å². The van der Waals surface area contributed by atoms with Crippen molar-refractivity contribution < 1.29 is 18.7 Å². The van der Waals surface area contributed by atoms with Gasteiger partial charge in [-0.25, -0.2) is 4.39 Å². The summed E-state index contributed by atoms with van der Waals surface area (Å²) in [7, 11) is 0. The van der Waals surface area contributed by atoms with Gasteiger partial charge in [0.15, 0.2) is 5.78 Å². The lowest BCUT2D eigenvalue weighted by atomic mass is 9.93. The van der Waals surface area contributed by atoms with Gasteiger partial charge in [0.05, 0.1) is 12.2 Å². The van der Waals surface area contributed by atoms with Crippen LogP contribution in [0.4, 0.5) is 4.39 Å². The standard InChI is InChI=1S/C24H28FNO3/c1-17(27)14-23(20-9-11-21(25)12-10-20)26-13-5-6-19(15-26)16-29-24-8-4-3-7-22(24)18(2)28/h3-4,7-12,19,23H,5-6,13-16H2,1-2H3. The molecular formula is C24H28FNO3. The van der Waals surface area contributed by atoms with Crippen molar-refractivity contribution in [1.82, 2.24) is 4.90 Å². The van der Waals surface area contributed by atoms with Crippen molar-refractivity contribution in [3.05, 3.63) is 65.5 Å². The zero-order valence-corrected chi connectivity index (χ0v) is 17.1. The number of halogens is 1. The normalized spacial score (nSPS) is 18.2. The highest BCUT2D eigenvalue weighted by Crippen LogP contribution is 2.30. The van der Waals surface area contributed by atoms with Gasteiger partial charge in [0.2, 0.25) is 0 Å². The summed E-state index contributed by atoms with van der Waals surface area (Å²) < 4.78 is 19.4. The van der Waals surface area contributed by atoms with E-state index in [-0.39, 0.29) is 23.4 Å². The predicted octanol–water partition coefficient (Wildman–Crippen LogP) is 4.84. The maximum Gasteiger partial charge on any atom is 0.163 e. The highest BCUT2D eigenvalue weighted by molar-refractivity contribution is 5.96. The largest absolute Gasteiger partial charge is 0.492 e. The summed E-state index contributed by atoms with van der Waals surface area (Å²) in [5, 5.41) is 0. The molecule has 1 fully saturated rings. The Morgan fingerprint density at radius 1 is 1.14 bits per heavy atom. The summed E-state index contributed by atoms with van der Waals surface area (Å²) in [5.41, 5.74) is 1.56. The van der Waals surface area contributed by atoms with E-state index in [0.29, 0.717) is 30.3 Å². The van der Waals surface area contributed by atoms with Gasteiger partial charge in [0.25, 0.3) is 0 Å². The number of likely N-dealkylation sites (tertiary alicyclic amines) is 1. The van der Waals surface area contributed by atoms with Gasteiger partial charge in [-0.1, -0.05) is 24.3 Å². The molecule has 0 saturated carbocycles. The molecule has 0 radical (unpaired) electrons. The van der Waals surface area contributed by atoms with Crippen LogP contribution in [0.1, 0.15) is 55.1 Å². The molecule has 154 valence electrons. The third-order valence-corrected chi connectivity index (χ3v) is 5.47. The minimum atomic E-state index is -0.274. The Bertz CT molecular complexity index is 849. The van der Waals surface area contributed by atoms with Crippen molar-refractivity contribution in [2.45, 2.75) is 39.2 Å². The van der Waals surface area contributed by atoms with Crippen LogP contribution >= 0.6 is 0 Å². The number of benzene rings is 2. The third-order valence-electron chi connectivity index (χ3n) is 5.47. The van der Waals surface area contributed by atoms with Gasteiger partial charge in [-0.15, -0.1) is 0 Å². The minimum absolute atomic E-state index is 0.0105. The number of ketones is 2. The van der Waals surface area contributed by atoms with E-state index in [2.05, 4.69) is 4.90 Å². The fourth-order valence-corrected chi connectivity index (χ4v) is 4.02. The molecule has 1 saturated heterocycles. The van der Waals surface area contributed by atoms with Crippen molar-refractivity contribution >= 4 is 11.6 Å². The van der Waals surface area contributed by atoms with Gasteiger partial charge in [0, 0.05) is 24.9 Å². The average molecular weight is 397 g/mol. The van der Waals surface area contributed by atoms with Gasteiger partial charge >= 0.3 is 0 Å². The molecule has 29 heavy (non-hydrogen) atoms. The lowest BCUT2D eigenvalue weighted by molar-refractivity contribution is -0.118. The van der Waals surface area contributed by atoms with Crippen LogP contribution in [0.2, 0.25) is 0 Å².